The van der Waals surface area contributed by atoms with Gasteiger partial charge in [0.15, 0.2) is 0 Å². The minimum absolute atomic E-state index is 0.284. The van der Waals surface area contributed by atoms with Crippen LogP contribution in [-0.4, -0.2) is 14.7 Å². The van der Waals surface area contributed by atoms with Crippen LogP contribution in [0.3, 0.4) is 0 Å². The molecule has 0 fully saturated rings. The van der Waals surface area contributed by atoms with Crippen molar-refractivity contribution in [3.8, 4) is 5.69 Å². The van der Waals surface area contributed by atoms with E-state index in [0.717, 1.165) is 12.1 Å². The van der Waals surface area contributed by atoms with Crippen LogP contribution in [0.5, 0.6) is 0 Å². The van der Waals surface area contributed by atoms with Gasteiger partial charge >= 0.3 is 5.69 Å². The van der Waals surface area contributed by atoms with Gasteiger partial charge in [0, 0.05) is 18.3 Å². The second-order valence-corrected chi connectivity index (χ2v) is 3.08. The molecule has 0 aliphatic rings. The summed E-state index contributed by atoms with van der Waals surface area (Å²) in [5, 5.41) is 14.4. The molecule has 16 heavy (non-hydrogen) atoms. The maximum Gasteiger partial charge on any atom is 0.306 e. The summed E-state index contributed by atoms with van der Waals surface area (Å²) in [5.41, 5.74) is 5.19. The monoisotopic (exact) mass is 222 g/mol. The van der Waals surface area contributed by atoms with Gasteiger partial charge < -0.3 is 5.73 Å². The molecule has 0 aliphatic carbocycles. The first-order valence-electron chi connectivity index (χ1n) is 4.33. The summed E-state index contributed by atoms with van der Waals surface area (Å²) in [7, 11) is 0. The number of nitrogen functional groups attached to an aromatic ring is 1. The second-order valence-electron chi connectivity index (χ2n) is 3.08. The van der Waals surface area contributed by atoms with Crippen molar-refractivity contribution in [2.24, 2.45) is 0 Å². The molecule has 0 amide bonds. The molecular formula is C9H7FN4O2. The third-order valence-corrected chi connectivity index (χ3v) is 2.00. The van der Waals surface area contributed by atoms with Gasteiger partial charge in [0.25, 0.3) is 0 Å². The topological polar surface area (TPSA) is 87.0 Å². The number of nitro benzene ring substituents is 1. The zero-order chi connectivity index (χ0) is 11.7. The van der Waals surface area contributed by atoms with Crippen molar-refractivity contribution >= 4 is 11.5 Å². The van der Waals surface area contributed by atoms with Crippen molar-refractivity contribution in [3.05, 3.63) is 46.4 Å². The van der Waals surface area contributed by atoms with Crippen LogP contribution in [0.2, 0.25) is 0 Å². The van der Waals surface area contributed by atoms with Gasteiger partial charge in [0.1, 0.15) is 5.82 Å². The fourth-order valence-corrected chi connectivity index (χ4v) is 1.27. The number of nitro groups is 1. The molecule has 7 heteroatoms. The molecule has 6 nitrogen and oxygen atoms in total. The number of anilines is 1. The largest absolute Gasteiger partial charge is 0.382 e. The Labute approximate surface area is 89.3 Å². The summed E-state index contributed by atoms with van der Waals surface area (Å²) in [6.07, 6.45) is 1.53. The number of benzene rings is 1. The molecule has 2 aromatic rings. The van der Waals surface area contributed by atoms with Gasteiger partial charge in [-0.1, -0.05) is 0 Å². The number of rotatable bonds is 2. The van der Waals surface area contributed by atoms with Gasteiger partial charge in [-0.3, -0.25) is 10.1 Å². The van der Waals surface area contributed by atoms with Crippen LogP contribution in [0.25, 0.3) is 5.69 Å². The predicted molar refractivity (Wildman–Crippen MR) is 54.6 cm³/mol. The number of nitrogens with two attached hydrogens (primary N) is 1. The normalized spacial score (nSPS) is 10.3. The van der Waals surface area contributed by atoms with Crippen LogP contribution in [0, 0.1) is 15.9 Å². The molecule has 2 rings (SSSR count). The van der Waals surface area contributed by atoms with Crippen LogP contribution in [-0.2, 0) is 0 Å². The average molecular weight is 222 g/mol. The van der Waals surface area contributed by atoms with Crippen LogP contribution in [0.1, 0.15) is 0 Å². The Morgan fingerprint density at radius 1 is 1.44 bits per heavy atom. The highest BCUT2D eigenvalue weighted by molar-refractivity contribution is 5.44. The first-order chi connectivity index (χ1) is 7.58. The summed E-state index contributed by atoms with van der Waals surface area (Å²) in [6, 6.07) is 5.04. The Morgan fingerprint density at radius 3 is 2.75 bits per heavy atom. The SMILES string of the molecule is Nc1ccn(-c2ccc(F)c([N+](=O)[O-])c2)n1. The van der Waals surface area contributed by atoms with Gasteiger partial charge in [-0.25, -0.2) is 4.68 Å². The second kappa shape index (κ2) is 3.61. The van der Waals surface area contributed by atoms with Gasteiger partial charge in [0.2, 0.25) is 5.82 Å². The number of halogens is 1. The van der Waals surface area contributed by atoms with Crippen molar-refractivity contribution in [3.63, 3.8) is 0 Å². The van der Waals surface area contributed by atoms with Crippen molar-refractivity contribution in [2.75, 3.05) is 5.73 Å². The first-order valence-corrected chi connectivity index (χ1v) is 4.33. The highest BCUT2D eigenvalue weighted by atomic mass is 19.1. The number of nitrogens with zero attached hydrogens (tertiary/aromatic N) is 3. The molecule has 1 aromatic heterocycles. The minimum Gasteiger partial charge on any atom is -0.382 e. The van der Waals surface area contributed by atoms with E-state index in [-0.39, 0.29) is 5.82 Å². The lowest BCUT2D eigenvalue weighted by molar-refractivity contribution is -0.387. The van der Waals surface area contributed by atoms with Crippen molar-refractivity contribution in [2.45, 2.75) is 0 Å². The molecule has 82 valence electrons. The van der Waals surface area contributed by atoms with E-state index in [9.17, 15) is 14.5 Å². The third kappa shape index (κ3) is 1.70. The van der Waals surface area contributed by atoms with Crippen molar-refractivity contribution in [1.82, 2.24) is 9.78 Å². The molecule has 0 radical (unpaired) electrons. The number of aromatic nitrogens is 2. The molecule has 0 saturated heterocycles. The Morgan fingerprint density at radius 2 is 2.19 bits per heavy atom. The highest BCUT2D eigenvalue weighted by Gasteiger charge is 2.15. The van der Waals surface area contributed by atoms with E-state index in [1.807, 2.05) is 0 Å². The van der Waals surface area contributed by atoms with Crippen LogP contribution < -0.4 is 5.73 Å². The van der Waals surface area contributed by atoms with E-state index in [1.165, 1.54) is 23.0 Å². The molecule has 0 atom stereocenters. The van der Waals surface area contributed by atoms with E-state index in [0.29, 0.717) is 5.69 Å². The average Bonchev–Trinajstić information content (AvgIpc) is 2.65. The zero-order valence-corrected chi connectivity index (χ0v) is 8.00. The van der Waals surface area contributed by atoms with E-state index in [2.05, 4.69) is 5.10 Å². The van der Waals surface area contributed by atoms with Crippen molar-refractivity contribution in [1.29, 1.82) is 0 Å². The molecule has 1 aromatic carbocycles. The summed E-state index contributed by atoms with van der Waals surface area (Å²) in [4.78, 5) is 9.74. The Hall–Kier alpha value is -2.44. The van der Waals surface area contributed by atoms with Crippen LogP contribution in [0.4, 0.5) is 15.9 Å². The maximum atomic E-state index is 13.0. The summed E-state index contributed by atoms with van der Waals surface area (Å²) in [5.74, 6) is -0.596. The number of hydrogen-bond acceptors (Lipinski definition) is 4. The smallest absolute Gasteiger partial charge is 0.306 e. The number of hydrogen-bond donors (Lipinski definition) is 1. The van der Waals surface area contributed by atoms with Gasteiger partial charge in [-0.15, -0.1) is 0 Å². The van der Waals surface area contributed by atoms with E-state index < -0.39 is 16.4 Å². The van der Waals surface area contributed by atoms with E-state index in [4.69, 9.17) is 5.73 Å². The molecule has 0 unspecified atom stereocenters. The van der Waals surface area contributed by atoms with Gasteiger partial charge in [0.05, 0.1) is 10.6 Å². The zero-order valence-electron chi connectivity index (χ0n) is 8.00. The van der Waals surface area contributed by atoms with E-state index >= 15 is 0 Å². The molecule has 0 spiro atoms. The standard InChI is InChI=1S/C9H7FN4O2/c10-7-2-1-6(5-8(7)14(15)16)13-4-3-9(11)12-13/h1-5H,(H2,11,12). The van der Waals surface area contributed by atoms with Gasteiger partial charge in [-0.2, -0.15) is 9.49 Å². The lowest BCUT2D eigenvalue weighted by Crippen LogP contribution is -1.99. The molecule has 2 N–H and O–H groups in total. The highest BCUT2D eigenvalue weighted by Crippen LogP contribution is 2.20. The Kier molecular flexibility index (Phi) is 2.28. The van der Waals surface area contributed by atoms with Crippen LogP contribution >= 0.6 is 0 Å². The predicted octanol–water partition coefficient (Wildman–Crippen LogP) is 1.50. The minimum atomic E-state index is -0.881. The van der Waals surface area contributed by atoms with Crippen LogP contribution in [0.15, 0.2) is 30.5 Å². The Bertz CT molecular complexity index is 552. The molecule has 0 aliphatic heterocycles. The maximum absolute atomic E-state index is 13.0. The quantitative estimate of drug-likeness (QED) is 0.616. The third-order valence-electron chi connectivity index (χ3n) is 2.00. The molecule has 0 bridgehead atoms. The summed E-state index contributed by atoms with van der Waals surface area (Å²) >= 11 is 0. The first kappa shape index (κ1) is 10.1. The fraction of sp³-hybridized carbons (Fsp3) is 0. The van der Waals surface area contributed by atoms with E-state index in [1.54, 1.807) is 0 Å². The fourth-order valence-electron chi connectivity index (χ4n) is 1.27. The molecular weight excluding hydrogens is 215 g/mol. The summed E-state index contributed by atoms with van der Waals surface area (Å²) < 4.78 is 14.4. The molecule has 1 heterocycles. The lowest BCUT2D eigenvalue weighted by Gasteiger charge is -2.01. The van der Waals surface area contributed by atoms with Gasteiger partial charge in [-0.05, 0) is 12.1 Å². The van der Waals surface area contributed by atoms with Crippen molar-refractivity contribution < 1.29 is 9.31 Å². The lowest BCUT2D eigenvalue weighted by atomic mass is 10.2. The molecule has 0 saturated carbocycles. The summed E-state index contributed by atoms with van der Waals surface area (Å²) in [6.45, 7) is 0. The Balaban J connectivity index is 2.51.